The van der Waals surface area contributed by atoms with Crippen LogP contribution in [-0.4, -0.2) is 28.4 Å². The topological polar surface area (TPSA) is 119 Å². The fraction of sp³-hybridized carbons (Fsp3) is 0.400. The molecule has 0 saturated carbocycles. The van der Waals surface area contributed by atoms with Crippen LogP contribution in [0.5, 0.6) is 0 Å². The second-order valence-electron chi connectivity index (χ2n) is 4.26. The predicted octanol–water partition coefficient (Wildman–Crippen LogP) is -0.179. The van der Waals surface area contributed by atoms with Crippen molar-refractivity contribution in [2.75, 3.05) is 5.73 Å². The molecule has 0 aliphatic heterocycles. The fourth-order valence-corrected chi connectivity index (χ4v) is 3.29. The fourth-order valence-electron chi connectivity index (χ4n) is 1.85. The zero-order valence-corrected chi connectivity index (χ0v) is 11.7. The standard InChI is InChI=1S/C10H16N6O2S/c1-6-9(7(2)16(3)15-6)19(17,18)13-5-8-4-12-14-10(8)11/h4,13H,5H2,1-3H3,(H3,11,12,14). The van der Waals surface area contributed by atoms with Gasteiger partial charge in [-0.05, 0) is 13.8 Å². The van der Waals surface area contributed by atoms with Gasteiger partial charge in [0.15, 0.2) is 0 Å². The molecule has 0 aliphatic carbocycles. The molecule has 2 rings (SSSR count). The minimum atomic E-state index is -3.62. The van der Waals surface area contributed by atoms with Crippen LogP contribution in [0.2, 0.25) is 0 Å². The van der Waals surface area contributed by atoms with Gasteiger partial charge in [-0.2, -0.15) is 10.2 Å². The maximum absolute atomic E-state index is 12.3. The Morgan fingerprint density at radius 1 is 1.47 bits per heavy atom. The van der Waals surface area contributed by atoms with Crippen molar-refractivity contribution in [2.45, 2.75) is 25.3 Å². The maximum atomic E-state index is 12.3. The number of sulfonamides is 1. The molecule has 19 heavy (non-hydrogen) atoms. The Morgan fingerprint density at radius 3 is 2.63 bits per heavy atom. The summed E-state index contributed by atoms with van der Waals surface area (Å²) in [5.74, 6) is 0.349. The van der Waals surface area contributed by atoms with Gasteiger partial charge in [0.05, 0.1) is 17.6 Å². The molecule has 2 aromatic rings. The van der Waals surface area contributed by atoms with E-state index in [2.05, 4.69) is 20.0 Å². The molecular weight excluding hydrogens is 268 g/mol. The summed E-state index contributed by atoms with van der Waals surface area (Å²) in [6.07, 6.45) is 1.49. The smallest absolute Gasteiger partial charge is 0.244 e. The summed E-state index contributed by atoms with van der Waals surface area (Å²) in [6.45, 7) is 3.45. The number of hydrogen-bond acceptors (Lipinski definition) is 5. The van der Waals surface area contributed by atoms with Crippen molar-refractivity contribution in [3.8, 4) is 0 Å². The number of aryl methyl sites for hydroxylation is 2. The Bertz CT molecular complexity index is 700. The van der Waals surface area contributed by atoms with Gasteiger partial charge in [-0.3, -0.25) is 9.78 Å². The maximum Gasteiger partial charge on any atom is 0.244 e. The largest absolute Gasteiger partial charge is 0.384 e. The first kappa shape index (κ1) is 13.6. The second kappa shape index (κ2) is 4.67. The highest BCUT2D eigenvalue weighted by molar-refractivity contribution is 7.89. The number of rotatable bonds is 4. The summed E-state index contributed by atoms with van der Waals surface area (Å²) >= 11 is 0. The number of aromatic amines is 1. The highest BCUT2D eigenvalue weighted by atomic mass is 32.2. The molecular formula is C10H16N6O2S. The molecule has 0 bridgehead atoms. The Labute approximate surface area is 111 Å². The van der Waals surface area contributed by atoms with Gasteiger partial charge in [0.25, 0.3) is 0 Å². The molecule has 0 radical (unpaired) electrons. The number of H-pyrrole nitrogens is 1. The minimum Gasteiger partial charge on any atom is -0.384 e. The van der Waals surface area contributed by atoms with Crippen molar-refractivity contribution in [2.24, 2.45) is 7.05 Å². The van der Waals surface area contributed by atoms with Gasteiger partial charge in [-0.15, -0.1) is 0 Å². The summed E-state index contributed by atoms with van der Waals surface area (Å²) in [5, 5.41) is 10.4. The number of hydrogen-bond donors (Lipinski definition) is 3. The normalized spacial score (nSPS) is 11.9. The summed E-state index contributed by atoms with van der Waals surface area (Å²) in [7, 11) is -1.92. The van der Waals surface area contributed by atoms with Crippen LogP contribution >= 0.6 is 0 Å². The zero-order valence-electron chi connectivity index (χ0n) is 10.9. The number of nitrogens with one attached hydrogen (secondary N) is 2. The lowest BCUT2D eigenvalue weighted by Crippen LogP contribution is -2.24. The molecule has 0 fully saturated rings. The number of aromatic nitrogens is 4. The molecule has 9 heteroatoms. The lowest BCUT2D eigenvalue weighted by atomic mass is 10.3. The zero-order chi connectivity index (χ0) is 14.2. The quantitative estimate of drug-likeness (QED) is 0.719. The number of nitrogen functional groups attached to an aromatic ring is 1. The van der Waals surface area contributed by atoms with Gasteiger partial charge in [0.1, 0.15) is 10.7 Å². The van der Waals surface area contributed by atoms with Crippen molar-refractivity contribution in [3.63, 3.8) is 0 Å². The van der Waals surface area contributed by atoms with E-state index in [-0.39, 0.29) is 11.4 Å². The summed E-state index contributed by atoms with van der Waals surface area (Å²) < 4.78 is 28.5. The van der Waals surface area contributed by atoms with Crippen LogP contribution in [0.4, 0.5) is 5.82 Å². The van der Waals surface area contributed by atoms with E-state index in [1.807, 2.05) is 0 Å². The van der Waals surface area contributed by atoms with E-state index in [4.69, 9.17) is 5.73 Å². The highest BCUT2D eigenvalue weighted by Gasteiger charge is 2.23. The molecule has 104 valence electrons. The third kappa shape index (κ3) is 2.47. The molecule has 0 atom stereocenters. The first-order chi connectivity index (χ1) is 8.83. The van der Waals surface area contributed by atoms with Gasteiger partial charge < -0.3 is 5.73 Å². The molecule has 8 nitrogen and oxygen atoms in total. The third-order valence-electron chi connectivity index (χ3n) is 2.92. The molecule has 0 aliphatic rings. The van der Waals surface area contributed by atoms with E-state index in [9.17, 15) is 8.42 Å². The molecule has 0 amide bonds. The highest BCUT2D eigenvalue weighted by Crippen LogP contribution is 2.18. The molecule has 0 saturated heterocycles. The van der Waals surface area contributed by atoms with Gasteiger partial charge >= 0.3 is 0 Å². The Balaban J connectivity index is 2.26. The summed E-state index contributed by atoms with van der Waals surface area (Å²) in [4.78, 5) is 0.206. The van der Waals surface area contributed by atoms with E-state index in [0.717, 1.165) is 0 Å². The third-order valence-corrected chi connectivity index (χ3v) is 4.57. The van der Waals surface area contributed by atoms with Crippen molar-refractivity contribution in [3.05, 3.63) is 23.1 Å². The van der Waals surface area contributed by atoms with Crippen LogP contribution in [-0.2, 0) is 23.6 Å². The van der Waals surface area contributed by atoms with Crippen molar-refractivity contribution < 1.29 is 8.42 Å². The van der Waals surface area contributed by atoms with Crippen LogP contribution in [0, 0.1) is 13.8 Å². The Kier molecular flexibility index (Phi) is 3.33. The summed E-state index contributed by atoms with van der Waals surface area (Å²) in [6, 6.07) is 0. The summed E-state index contributed by atoms with van der Waals surface area (Å²) in [5.41, 5.74) is 7.26. The Morgan fingerprint density at radius 2 is 2.16 bits per heavy atom. The van der Waals surface area contributed by atoms with Gasteiger partial charge in [-0.1, -0.05) is 0 Å². The first-order valence-corrected chi connectivity index (χ1v) is 7.09. The monoisotopic (exact) mass is 284 g/mol. The van der Waals surface area contributed by atoms with E-state index in [1.54, 1.807) is 20.9 Å². The van der Waals surface area contributed by atoms with E-state index < -0.39 is 10.0 Å². The predicted molar refractivity (Wildman–Crippen MR) is 69.7 cm³/mol. The number of anilines is 1. The van der Waals surface area contributed by atoms with Crippen molar-refractivity contribution in [1.82, 2.24) is 24.7 Å². The van der Waals surface area contributed by atoms with Crippen molar-refractivity contribution in [1.29, 1.82) is 0 Å². The lowest BCUT2D eigenvalue weighted by molar-refractivity contribution is 0.580. The van der Waals surface area contributed by atoms with Gasteiger partial charge in [0.2, 0.25) is 10.0 Å². The molecule has 0 spiro atoms. The van der Waals surface area contributed by atoms with Crippen molar-refractivity contribution >= 4 is 15.8 Å². The van der Waals surface area contributed by atoms with E-state index in [0.29, 0.717) is 22.8 Å². The van der Waals surface area contributed by atoms with Crippen LogP contribution in [0.15, 0.2) is 11.1 Å². The molecule has 4 N–H and O–H groups in total. The van der Waals surface area contributed by atoms with Crippen LogP contribution < -0.4 is 10.5 Å². The molecule has 2 heterocycles. The molecule has 0 aromatic carbocycles. The first-order valence-electron chi connectivity index (χ1n) is 5.60. The lowest BCUT2D eigenvalue weighted by Gasteiger charge is -2.06. The van der Waals surface area contributed by atoms with Gasteiger partial charge in [0, 0.05) is 19.2 Å². The van der Waals surface area contributed by atoms with Gasteiger partial charge in [-0.25, -0.2) is 13.1 Å². The SMILES string of the molecule is Cc1nn(C)c(C)c1S(=O)(=O)NCc1cn[nH]c1N. The Hall–Kier alpha value is -1.87. The number of nitrogens with two attached hydrogens (primary N) is 1. The number of nitrogens with zero attached hydrogens (tertiary/aromatic N) is 3. The minimum absolute atomic E-state index is 0.0818. The molecule has 0 unspecified atom stereocenters. The average molecular weight is 284 g/mol. The van der Waals surface area contributed by atoms with E-state index >= 15 is 0 Å². The van der Waals surface area contributed by atoms with Crippen LogP contribution in [0.25, 0.3) is 0 Å². The van der Waals surface area contributed by atoms with Crippen LogP contribution in [0.3, 0.4) is 0 Å². The average Bonchev–Trinajstić information content (AvgIpc) is 2.82. The second-order valence-corrected chi connectivity index (χ2v) is 5.96. The molecule has 2 aromatic heterocycles. The van der Waals surface area contributed by atoms with Crippen LogP contribution in [0.1, 0.15) is 17.0 Å². The van der Waals surface area contributed by atoms with E-state index in [1.165, 1.54) is 10.9 Å².